The molecule has 1 fully saturated rings. The number of hydrogen-bond donors (Lipinski definition) is 2. The topological polar surface area (TPSA) is 101 Å². The van der Waals surface area contributed by atoms with Crippen molar-refractivity contribution in [1.82, 2.24) is 9.97 Å². The van der Waals surface area contributed by atoms with Crippen molar-refractivity contribution in [3.63, 3.8) is 0 Å². The predicted molar refractivity (Wildman–Crippen MR) is 117 cm³/mol. The van der Waals surface area contributed by atoms with Crippen molar-refractivity contribution in [2.24, 2.45) is 5.92 Å². The second-order valence-electron chi connectivity index (χ2n) is 7.68. The Kier molecular flexibility index (Phi) is 5.42. The Morgan fingerprint density at radius 1 is 1.07 bits per heavy atom. The Bertz CT molecular complexity index is 1200. The fourth-order valence-corrected chi connectivity index (χ4v) is 4.04. The average Bonchev–Trinajstić information content (AvgIpc) is 3.57. The van der Waals surface area contributed by atoms with Crippen molar-refractivity contribution >= 4 is 38.2 Å². The van der Waals surface area contributed by atoms with Gasteiger partial charge >= 0.3 is 0 Å². The second kappa shape index (κ2) is 8.02. The van der Waals surface area contributed by atoms with Gasteiger partial charge in [0, 0.05) is 37.0 Å². The Morgan fingerprint density at radius 2 is 1.80 bits per heavy atom. The average molecular weight is 425 g/mol. The Hall–Kier alpha value is -3.00. The minimum Gasteiger partial charge on any atom is -0.373 e. The van der Waals surface area contributed by atoms with E-state index in [0.29, 0.717) is 10.7 Å². The van der Waals surface area contributed by atoms with Crippen LogP contribution in [0, 0.1) is 5.92 Å². The molecule has 0 radical (unpaired) electrons. The lowest BCUT2D eigenvalue weighted by Gasteiger charge is -2.12. The van der Waals surface area contributed by atoms with Gasteiger partial charge in [-0.1, -0.05) is 12.1 Å². The summed E-state index contributed by atoms with van der Waals surface area (Å²) in [5.41, 5.74) is 2.09. The number of nitrogens with one attached hydrogen (secondary N) is 2. The number of aromatic nitrogens is 2. The molecule has 2 aromatic heterocycles. The van der Waals surface area contributed by atoms with Gasteiger partial charge in [0.15, 0.2) is 9.84 Å². The number of amides is 1. The Morgan fingerprint density at radius 3 is 2.43 bits per heavy atom. The normalized spacial score (nSPS) is 13.9. The SMILES string of the molecule is CNc1ncc(CCc2ccc(S(C)(=O)=O)cc2)c2cc(NC(=O)C3CC3)ncc12. The molecule has 8 heteroatoms. The number of fused-ring (bicyclic) bond motifs is 1. The van der Waals surface area contributed by atoms with Crippen LogP contribution in [0.2, 0.25) is 0 Å². The first kappa shape index (κ1) is 20.3. The number of rotatable bonds is 7. The number of aryl methyl sites for hydroxylation is 2. The van der Waals surface area contributed by atoms with Gasteiger partial charge in [-0.2, -0.15) is 0 Å². The number of nitrogens with zero attached hydrogens (tertiary/aromatic N) is 2. The van der Waals surface area contributed by atoms with Gasteiger partial charge in [0.1, 0.15) is 11.6 Å². The third-order valence-corrected chi connectivity index (χ3v) is 6.45. The molecule has 0 aliphatic heterocycles. The molecule has 3 aromatic rings. The van der Waals surface area contributed by atoms with E-state index in [4.69, 9.17) is 0 Å². The molecule has 2 N–H and O–H groups in total. The highest BCUT2D eigenvalue weighted by Gasteiger charge is 2.29. The van der Waals surface area contributed by atoms with Crippen molar-refractivity contribution < 1.29 is 13.2 Å². The van der Waals surface area contributed by atoms with Crippen LogP contribution >= 0.6 is 0 Å². The lowest BCUT2D eigenvalue weighted by molar-refractivity contribution is -0.117. The van der Waals surface area contributed by atoms with E-state index in [-0.39, 0.29) is 11.8 Å². The van der Waals surface area contributed by atoms with Gasteiger partial charge in [-0.15, -0.1) is 0 Å². The minimum absolute atomic E-state index is 0.0252. The number of carbonyl (C=O) groups excluding carboxylic acids is 1. The maximum Gasteiger partial charge on any atom is 0.228 e. The molecule has 2 heterocycles. The van der Waals surface area contributed by atoms with E-state index in [9.17, 15) is 13.2 Å². The van der Waals surface area contributed by atoms with Crippen LogP contribution in [0.4, 0.5) is 11.6 Å². The number of carbonyl (C=O) groups is 1. The van der Waals surface area contributed by atoms with Crippen molar-refractivity contribution in [2.75, 3.05) is 23.9 Å². The minimum atomic E-state index is -3.20. The van der Waals surface area contributed by atoms with Crippen molar-refractivity contribution in [1.29, 1.82) is 0 Å². The van der Waals surface area contributed by atoms with Crippen LogP contribution < -0.4 is 10.6 Å². The highest BCUT2D eigenvalue weighted by molar-refractivity contribution is 7.90. The van der Waals surface area contributed by atoms with Gasteiger partial charge < -0.3 is 10.6 Å². The molecule has 4 rings (SSSR count). The monoisotopic (exact) mass is 424 g/mol. The van der Waals surface area contributed by atoms with E-state index in [1.807, 2.05) is 31.4 Å². The van der Waals surface area contributed by atoms with Gasteiger partial charge in [0.25, 0.3) is 0 Å². The van der Waals surface area contributed by atoms with Crippen LogP contribution in [-0.4, -0.2) is 37.6 Å². The first-order chi connectivity index (χ1) is 14.3. The van der Waals surface area contributed by atoms with E-state index in [1.54, 1.807) is 18.3 Å². The molecule has 7 nitrogen and oxygen atoms in total. The summed E-state index contributed by atoms with van der Waals surface area (Å²) in [6.07, 6.45) is 8.13. The summed E-state index contributed by atoms with van der Waals surface area (Å²) in [6.45, 7) is 0. The summed E-state index contributed by atoms with van der Waals surface area (Å²) >= 11 is 0. The van der Waals surface area contributed by atoms with Crippen molar-refractivity contribution in [3.05, 3.63) is 53.9 Å². The third kappa shape index (κ3) is 4.43. The van der Waals surface area contributed by atoms with E-state index in [2.05, 4.69) is 20.6 Å². The summed E-state index contributed by atoms with van der Waals surface area (Å²) in [4.78, 5) is 21.3. The summed E-state index contributed by atoms with van der Waals surface area (Å²) in [5, 5.41) is 7.88. The van der Waals surface area contributed by atoms with Crippen LogP contribution in [0.25, 0.3) is 10.8 Å². The first-order valence-electron chi connectivity index (χ1n) is 9.90. The molecule has 0 unspecified atom stereocenters. The zero-order valence-corrected chi connectivity index (χ0v) is 17.8. The quantitative estimate of drug-likeness (QED) is 0.604. The first-order valence-corrected chi connectivity index (χ1v) is 11.8. The van der Waals surface area contributed by atoms with Crippen molar-refractivity contribution in [3.8, 4) is 0 Å². The molecule has 1 aliphatic carbocycles. The molecule has 156 valence electrons. The lowest BCUT2D eigenvalue weighted by Crippen LogP contribution is -2.14. The fraction of sp³-hybridized carbons (Fsp3) is 0.318. The van der Waals surface area contributed by atoms with E-state index >= 15 is 0 Å². The molecule has 0 saturated heterocycles. The largest absolute Gasteiger partial charge is 0.373 e. The van der Waals surface area contributed by atoms with Gasteiger partial charge in [-0.3, -0.25) is 4.79 Å². The molecule has 0 spiro atoms. The maximum absolute atomic E-state index is 12.1. The molecule has 1 amide bonds. The molecule has 1 aliphatic rings. The summed E-state index contributed by atoms with van der Waals surface area (Å²) in [7, 11) is -1.39. The van der Waals surface area contributed by atoms with Crippen LogP contribution in [0.5, 0.6) is 0 Å². The Balaban J connectivity index is 1.59. The maximum atomic E-state index is 12.1. The fourth-order valence-electron chi connectivity index (χ4n) is 3.41. The highest BCUT2D eigenvalue weighted by atomic mass is 32.2. The van der Waals surface area contributed by atoms with Crippen LogP contribution in [0.15, 0.2) is 47.6 Å². The van der Waals surface area contributed by atoms with Crippen LogP contribution in [0.1, 0.15) is 24.0 Å². The predicted octanol–water partition coefficient (Wildman–Crippen LogP) is 3.21. The summed E-state index contributed by atoms with van der Waals surface area (Å²) < 4.78 is 23.3. The number of benzene rings is 1. The van der Waals surface area contributed by atoms with Crippen LogP contribution in [0.3, 0.4) is 0 Å². The molecular weight excluding hydrogens is 400 g/mol. The van der Waals surface area contributed by atoms with Crippen molar-refractivity contribution in [2.45, 2.75) is 30.6 Å². The summed E-state index contributed by atoms with van der Waals surface area (Å²) in [5.74, 6) is 1.42. The molecular formula is C22H24N4O3S. The highest BCUT2D eigenvalue weighted by Crippen LogP contribution is 2.31. The van der Waals surface area contributed by atoms with E-state index in [1.165, 1.54) is 6.26 Å². The number of hydrogen-bond acceptors (Lipinski definition) is 6. The summed E-state index contributed by atoms with van der Waals surface area (Å²) in [6, 6.07) is 8.87. The van der Waals surface area contributed by atoms with Gasteiger partial charge in [0.05, 0.1) is 4.90 Å². The number of pyridine rings is 2. The zero-order chi connectivity index (χ0) is 21.3. The Labute approximate surface area is 175 Å². The molecule has 30 heavy (non-hydrogen) atoms. The number of sulfone groups is 1. The van der Waals surface area contributed by atoms with Gasteiger partial charge in [0.2, 0.25) is 5.91 Å². The standard InChI is InChI=1S/C22H24N4O3S/c1-23-21-19-13-24-20(26-22(27)15-7-8-15)11-18(19)16(12-25-21)6-3-14-4-9-17(10-5-14)30(2,28)29/h4-5,9-13,15H,3,6-8H2,1-2H3,(H,23,25)(H,24,26,27). The molecule has 1 saturated carbocycles. The molecule has 0 atom stereocenters. The smallest absolute Gasteiger partial charge is 0.228 e. The van der Waals surface area contributed by atoms with Gasteiger partial charge in [-0.25, -0.2) is 18.4 Å². The lowest BCUT2D eigenvalue weighted by atomic mass is 10.0. The second-order valence-corrected chi connectivity index (χ2v) is 9.69. The van der Waals surface area contributed by atoms with E-state index in [0.717, 1.165) is 53.4 Å². The number of anilines is 2. The molecule has 0 bridgehead atoms. The van der Waals surface area contributed by atoms with Gasteiger partial charge in [-0.05, 0) is 60.4 Å². The zero-order valence-electron chi connectivity index (χ0n) is 17.0. The molecule has 1 aromatic carbocycles. The van der Waals surface area contributed by atoms with E-state index < -0.39 is 9.84 Å². The van der Waals surface area contributed by atoms with Crippen LogP contribution in [-0.2, 0) is 27.5 Å². The third-order valence-electron chi connectivity index (χ3n) is 5.33.